The first-order valence-electron chi connectivity index (χ1n) is 5.15. The lowest BCUT2D eigenvalue weighted by Crippen LogP contribution is -1.74. The number of fused-ring (bicyclic) bond motifs is 3. The molecule has 3 rings (SSSR count). The lowest BCUT2D eigenvalue weighted by molar-refractivity contribution is 1.54. The topological polar surface area (TPSA) is 0 Å². The molecule has 2 aromatic carbocycles. The van der Waals surface area contributed by atoms with Gasteiger partial charge in [-0.2, -0.15) is 0 Å². The molecule has 0 unspecified atom stereocenters. The van der Waals surface area contributed by atoms with E-state index in [-0.39, 0.29) is 0 Å². The molecule has 0 bridgehead atoms. The molecule has 3 aromatic rings. The molecule has 74 valence electrons. The maximum atomic E-state index is 2.23. The molecule has 0 N–H and O–H groups in total. The van der Waals surface area contributed by atoms with Crippen molar-refractivity contribution in [1.29, 1.82) is 0 Å². The summed E-state index contributed by atoms with van der Waals surface area (Å²) in [6.45, 7) is 4.38. The van der Waals surface area contributed by atoms with Gasteiger partial charge in [-0.3, -0.25) is 0 Å². The van der Waals surface area contributed by atoms with E-state index in [1.807, 2.05) is 11.3 Å². The van der Waals surface area contributed by atoms with Crippen LogP contribution in [0.2, 0.25) is 0 Å². The third kappa shape index (κ3) is 1.20. The maximum absolute atomic E-state index is 2.23. The largest absolute Gasteiger partial charge is 0.135 e. The van der Waals surface area contributed by atoms with Crippen LogP contribution >= 0.6 is 11.3 Å². The molecule has 0 amide bonds. The fourth-order valence-electron chi connectivity index (χ4n) is 2.17. The van der Waals surface area contributed by atoms with Crippen molar-refractivity contribution in [3.63, 3.8) is 0 Å². The Morgan fingerprint density at radius 2 is 1.60 bits per heavy atom. The van der Waals surface area contributed by atoms with E-state index in [1.54, 1.807) is 0 Å². The van der Waals surface area contributed by atoms with Gasteiger partial charge in [-0.25, -0.2) is 0 Å². The monoisotopic (exact) mass is 212 g/mol. The van der Waals surface area contributed by atoms with Crippen molar-refractivity contribution in [1.82, 2.24) is 0 Å². The van der Waals surface area contributed by atoms with E-state index < -0.39 is 0 Å². The van der Waals surface area contributed by atoms with E-state index in [1.165, 1.54) is 31.3 Å². The Morgan fingerprint density at radius 1 is 0.867 bits per heavy atom. The van der Waals surface area contributed by atoms with E-state index >= 15 is 0 Å². The van der Waals surface area contributed by atoms with Crippen LogP contribution in [0.5, 0.6) is 0 Å². The molecule has 0 atom stereocenters. The Kier molecular flexibility index (Phi) is 1.83. The summed E-state index contributed by atoms with van der Waals surface area (Å²) in [4.78, 5) is 0. The SMILES string of the molecule is Cc1cccc2c1sc1cccc(C)c12. The van der Waals surface area contributed by atoms with Crippen LogP contribution < -0.4 is 0 Å². The number of rotatable bonds is 0. The van der Waals surface area contributed by atoms with Gasteiger partial charge >= 0.3 is 0 Å². The van der Waals surface area contributed by atoms with Crippen LogP contribution in [0.25, 0.3) is 20.2 Å². The molecule has 1 aromatic heterocycles. The van der Waals surface area contributed by atoms with Crippen molar-refractivity contribution in [2.75, 3.05) is 0 Å². The fraction of sp³-hybridized carbons (Fsp3) is 0.143. The minimum Gasteiger partial charge on any atom is -0.135 e. The predicted octanol–water partition coefficient (Wildman–Crippen LogP) is 4.67. The predicted molar refractivity (Wildman–Crippen MR) is 68.8 cm³/mol. The van der Waals surface area contributed by atoms with E-state index in [4.69, 9.17) is 0 Å². The molecule has 0 saturated carbocycles. The average Bonchev–Trinajstić information content (AvgIpc) is 2.59. The van der Waals surface area contributed by atoms with Gasteiger partial charge in [0, 0.05) is 20.2 Å². The van der Waals surface area contributed by atoms with Gasteiger partial charge in [0.25, 0.3) is 0 Å². The fourth-order valence-corrected chi connectivity index (χ4v) is 3.41. The highest BCUT2D eigenvalue weighted by Gasteiger charge is 2.07. The van der Waals surface area contributed by atoms with Gasteiger partial charge < -0.3 is 0 Å². The summed E-state index contributed by atoms with van der Waals surface area (Å²) in [6.07, 6.45) is 0. The van der Waals surface area contributed by atoms with E-state index in [0.717, 1.165) is 0 Å². The normalized spacial score (nSPS) is 11.3. The molecule has 0 aliphatic rings. The first-order chi connectivity index (χ1) is 7.27. The second-order valence-corrected chi connectivity index (χ2v) is 5.05. The second kappa shape index (κ2) is 3.07. The van der Waals surface area contributed by atoms with E-state index in [2.05, 4.69) is 50.2 Å². The first kappa shape index (κ1) is 8.93. The summed E-state index contributed by atoms with van der Waals surface area (Å²) in [5.41, 5.74) is 2.76. The summed E-state index contributed by atoms with van der Waals surface area (Å²) < 4.78 is 2.83. The van der Waals surface area contributed by atoms with Gasteiger partial charge in [0.15, 0.2) is 0 Å². The molecule has 1 heteroatoms. The van der Waals surface area contributed by atoms with Crippen LogP contribution in [-0.4, -0.2) is 0 Å². The lowest BCUT2D eigenvalue weighted by Gasteiger charge is -1.97. The summed E-state index contributed by atoms with van der Waals surface area (Å²) in [5, 5.41) is 2.84. The molecule has 0 nitrogen and oxygen atoms in total. The minimum atomic E-state index is 1.38. The Balaban J connectivity index is 2.65. The van der Waals surface area contributed by atoms with E-state index in [0.29, 0.717) is 0 Å². The van der Waals surface area contributed by atoms with Gasteiger partial charge in [-0.1, -0.05) is 30.3 Å². The highest BCUT2D eigenvalue weighted by Crippen LogP contribution is 2.36. The molecule has 0 radical (unpaired) electrons. The summed E-state index contributed by atoms with van der Waals surface area (Å²) in [7, 11) is 0. The Bertz CT molecular complexity index is 647. The van der Waals surface area contributed by atoms with Gasteiger partial charge in [-0.05, 0) is 31.0 Å². The smallest absolute Gasteiger partial charge is 0.0384 e. The van der Waals surface area contributed by atoms with Gasteiger partial charge in [0.05, 0.1) is 0 Å². The zero-order chi connectivity index (χ0) is 10.4. The third-order valence-corrected chi connectivity index (χ3v) is 4.23. The second-order valence-electron chi connectivity index (χ2n) is 4.00. The number of benzene rings is 2. The van der Waals surface area contributed by atoms with Crippen LogP contribution in [0.15, 0.2) is 36.4 Å². The van der Waals surface area contributed by atoms with Crippen molar-refractivity contribution in [2.45, 2.75) is 13.8 Å². The quantitative estimate of drug-likeness (QED) is 0.508. The van der Waals surface area contributed by atoms with Crippen molar-refractivity contribution in [2.24, 2.45) is 0 Å². The molecule has 15 heavy (non-hydrogen) atoms. The number of hydrogen-bond donors (Lipinski definition) is 0. The zero-order valence-corrected chi connectivity index (χ0v) is 9.69. The van der Waals surface area contributed by atoms with Crippen LogP contribution in [-0.2, 0) is 0 Å². The van der Waals surface area contributed by atoms with Crippen molar-refractivity contribution in [3.05, 3.63) is 47.5 Å². The van der Waals surface area contributed by atoms with Gasteiger partial charge in [0.2, 0.25) is 0 Å². The van der Waals surface area contributed by atoms with Crippen molar-refractivity contribution in [3.8, 4) is 0 Å². The molecule has 1 heterocycles. The Hall–Kier alpha value is -1.34. The van der Waals surface area contributed by atoms with Crippen LogP contribution in [0.3, 0.4) is 0 Å². The van der Waals surface area contributed by atoms with Crippen LogP contribution in [0.1, 0.15) is 11.1 Å². The standard InChI is InChI=1S/C14H12S/c1-9-5-4-8-12-13(9)11-7-3-6-10(2)14(11)15-12/h3-8H,1-2H3. The Labute approximate surface area is 93.2 Å². The number of hydrogen-bond acceptors (Lipinski definition) is 1. The average molecular weight is 212 g/mol. The van der Waals surface area contributed by atoms with Crippen LogP contribution in [0, 0.1) is 13.8 Å². The molecular weight excluding hydrogens is 200 g/mol. The highest BCUT2D eigenvalue weighted by molar-refractivity contribution is 7.26. The zero-order valence-electron chi connectivity index (χ0n) is 8.87. The van der Waals surface area contributed by atoms with Crippen molar-refractivity contribution < 1.29 is 0 Å². The molecule has 0 aliphatic carbocycles. The number of thiophene rings is 1. The summed E-state index contributed by atoms with van der Waals surface area (Å²) in [6, 6.07) is 13.1. The molecule has 0 aliphatic heterocycles. The van der Waals surface area contributed by atoms with E-state index in [9.17, 15) is 0 Å². The first-order valence-corrected chi connectivity index (χ1v) is 5.96. The number of aryl methyl sites for hydroxylation is 2. The van der Waals surface area contributed by atoms with Crippen molar-refractivity contribution >= 4 is 31.5 Å². The van der Waals surface area contributed by atoms with Gasteiger partial charge in [-0.15, -0.1) is 11.3 Å². The third-order valence-electron chi connectivity index (χ3n) is 2.93. The van der Waals surface area contributed by atoms with Crippen LogP contribution in [0.4, 0.5) is 0 Å². The Morgan fingerprint density at radius 3 is 2.47 bits per heavy atom. The molecule has 0 spiro atoms. The summed E-state index contributed by atoms with van der Waals surface area (Å²) >= 11 is 1.90. The summed E-state index contributed by atoms with van der Waals surface area (Å²) in [5.74, 6) is 0. The minimum absolute atomic E-state index is 1.38. The molecule has 0 saturated heterocycles. The maximum Gasteiger partial charge on any atom is 0.0384 e. The van der Waals surface area contributed by atoms with Gasteiger partial charge in [0.1, 0.15) is 0 Å². The molecule has 0 fully saturated rings. The molecular formula is C14H12S. The highest BCUT2D eigenvalue weighted by atomic mass is 32.1. The lowest BCUT2D eigenvalue weighted by atomic mass is 10.1.